The van der Waals surface area contributed by atoms with Gasteiger partial charge in [-0.25, -0.2) is 0 Å². The van der Waals surface area contributed by atoms with Gasteiger partial charge in [0.05, 0.1) is 13.0 Å². The second-order valence-corrected chi connectivity index (χ2v) is 8.09. The number of fused-ring (bicyclic) bond motifs is 1. The maximum absolute atomic E-state index is 13.0. The maximum atomic E-state index is 13.0. The molecular formula is C24H27N3O5S. The number of carbonyl (C=O) groups excluding carboxylic acids is 2. The number of thiocarbonyl (C=S) groups is 1. The Morgan fingerprint density at radius 2 is 1.91 bits per heavy atom. The predicted octanol–water partition coefficient (Wildman–Crippen LogP) is 3.20. The zero-order chi connectivity index (χ0) is 23.4. The van der Waals surface area contributed by atoms with Crippen LogP contribution in [0.15, 0.2) is 42.5 Å². The molecule has 0 aliphatic carbocycles. The van der Waals surface area contributed by atoms with Gasteiger partial charge >= 0.3 is 0 Å². The molecule has 174 valence electrons. The maximum Gasteiger partial charge on any atom is 0.252 e. The Labute approximate surface area is 198 Å². The molecule has 2 amide bonds. The number of nitrogens with one attached hydrogen (secondary N) is 1. The Bertz CT molecular complexity index is 1040. The molecule has 2 aromatic rings. The molecule has 1 atom stereocenters. The average molecular weight is 470 g/mol. The molecule has 9 heteroatoms. The summed E-state index contributed by atoms with van der Waals surface area (Å²) in [6, 6.07) is 12.3. The lowest BCUT2D eigenvalue weighted by molar-refractivity contribution is -0.130. The lowest BCUT2D eigenvalue weighted by Gasteiger charge is -2.24. The molecule has 4 rings (SSSR count). The van der Waals surface area contributed by atoms with E-state index >= 15 is 0 Å². The lowest BCUT2D eigenvalue weighted by Crippen LogP contribution is -2.39. The van der Waals surface area contributed by atoms with Crippen molar-refractivity contribution in [2.24, 2.45) is 0 Å². The third-order valence-corrected chi connectivity index (χ3v) is 6.08. The van der Waals surface area contributed by atoms with Gasteiger partial charge in [0.15, 0.2) is 16.6 Å². The summed E-state index contributed by atoms with van der Waals surface area (Å²) in [5.74, 6) is 1.79. The fourth-order valence-corrected chi connectivity index (χ4v) is 4.41. The number of amides is 2. The SMILES string of the molecule is CCOc1ccc(NC(=O)CC2C(=O)N(CC)C(=S)N2CCc2ccc3c(c2)OCO3)cc1. The van der Waals surface area contributed by atoms with Crippen molar-refractivity contribution in [2.75, 3.05) is 31.8 Å². The molecular weight excluding hydrogens is 442 g/mol. The summed E-state index contributed by atoms with van der Waals surface area (Å²) in [4.78, 5) is 29.2. The van der Waals surface area contributed by atoms with E-state index in [9.17, 15) is 9.59 Å². The van der Waals surface area contributed by atoms with Crippen LogP contribution in [-0.4, -0.2) is 59.3 Å². The number of carbonyl (C=O) groups is 2. The number of hydrogen-bond donors (Lipinski definition) is 1. The molecule has 2 heterocycles. The van der Waals surface area contributed by atoms with Crippen LogP contribution in [0.5, 0.6) is 17.2 Å². The van der Waals surface area contributed by atoms with Crippen LogP contribution in [0.2, 0.25) is 0 Å². The van der Waals surface area contributed by atoms with Gasteiger partial charge in [0.2, 0.25) is 12.7 Å². The Kier molecular flexibility index (Phi) is 6.98. The molecule has 0 spiro atoms. The molecule has 8 nitrogen and oxygen atoms in total. The van der Waals surface area contributed by atoms with Crippen molar-refractivity contribution in [2.45, 2.75) is 32.7 Å². The number of likely N-dealkylation sites (N-methyl/N-ethyl adjacent to an activating group) is 1. The third kappa shape index (κ3) is 5.03. The first-order valence-electron chi connectivity index (χ1n) is 11.0. The number of hydrogen-bond acceptors (Lipinski definition) is 6. The minimum Gasteiger partial charge on any atom is -0.494 e. The highest BCUT2D eigenvalue weighted by Crippen LogP contribution is 2.33. The molecule has 1 fully saturated rings. The van der Waals surface area contributed by atoms with Gasteiger partial charge in [-0.05, 0) is 74.4 Å². The standard InChI is InChI=1S/C24H27N3O5S/c1-3-26-23(29)19(14-22(28)25-17-6-8-18(9-7-17)30-4-2)27(24(26)33)12-11-16-5-10-20-21(13-16)32-15-31-20/h5-10,13,19H,3-4,11-12,14-15H2,1-2H3,(H,25,28). The molecule has 0 bridgehead atoms. The molecule has 0 saturated carbocycles. The number of benzene rings is 2. The molecule has 1 unspecified atom stereocenters. The normalized spacial score (nSPS) is 17.0. The van der Waals surface area contributed by atoms with Crippen molar-refractivity contribution in [3.63, 3.8) is 0 Å². The van der Waals surface area contributed by atoms with Crippen LogP contribution in [0.4, 0.5) is 5.69 Å². The highest BCUT2D eigenvalue weighted by atomic mass is 32.1. The third-order valence-electron chi connectivity index (χ3n) is 5.63. The van der Waals surface area contributed by atoms with Gasteiger partial charge in [0.1, 0.15) is 11.8 Å². The summed E-state index contributed by atoms with van der Waals surface area (Å²) in [5, 5.41) is 3.32. The van der Waals surface area contributed by atoms with Crippen LogP contribution >= 0.6 is 12.2 Å². The zero-order valence-electron chi connectivity index (χ0n) is 18.7. The predicted molar refractivity (Wildman–Crippen MR) is 128 cm³/mol. The second-order valence-electron chi connectivity index (χ2n) is 7.72. The Morgan fingerprint density at radius 1 is 1.15 bits per heavy atom. The minimum atomic E-state index is -0.630. The quantitative estimate of drug-likeness (QED) is 0.565. The summed E-state index contributed by atoms with van der Waals surface area (Å²) in [7, 11) is 0. The molecule has 2 aromatic carbocycles. The number of nitrogens with zero attached hydrogens (tertiary/aromatic N) is 2. The van der Waals surface area contributed by atoms with E-state index in [-0.39, 0.29) is 25.0 Å². The number of rotatable bonds is 9. The van der Waals surface area contributed by atoms with Crippen LogP contribution in [-0.2, 0) is 16.0 Å². The van der Waals surface area contributed by atoms with E-state index < -0.39 is 6.04 Å². The van der Waals surface area contributed by atoms with Crippen LogP contribution in [0.1, 0.15) is 25.8 Å². The summed E-state index contributed by atoms with van der Waals surface area (Å²) < 4.78 is 16.2. The van der Waals surface area contributed by atoms with E-state index in [1.54, 1.807) is 29.2 Å². The monoisotopic (exact) mass is 469 g/mol. The van der Waals surface area contributed by atoms with Gasteiger partial charge in [0, 0.05) is 18.8 Å². The molecule has 33 heavy (non-hydrogen) atoms. The smallest absolute Gasteiger partial charge is 0.252 e. The fraction of sp³-hybridized carbons (Fsp3) is 0.375. The second kappa shape index (κ2) is 10.1. The average Bonchev–Trinajstić information content (AvgIpc) is 3.36. The highest BCUT2D eigenvalue weighted by molar-refractivity contribution is 7.80. The molecule has 1 N–H and O–H groups in total. The van der Waals surface area contributed by atoms with Gasteiger partial charge in [-0.3, -0.25) is 14.5 Å². The lowest BCUT2D eigenvalue weighted by atomic mass is 10.1. The van der Waals surface area contributed by atoms with Crippen molar-refractivity contribution < 1.29 is 23.8 Å². The topological polar surface area (TPSA) is 80.3 Å². The minimum absolute atomic E-state index is 0.0177. The van der Waals surface area contributed by atoms with Crippen molar-refractivity contribution >= 4 is 34.8 Å². The highest BCUT2D eigenvalue weighted by Gasteiger charge is 2.42. The number of anilines is 1. The van der Waals surface area contributed by atoms with Crippen molar-refractivity contribution in [3.8, 4) is 17.2 Å². The van der Waals surface area contributed by atoms with E-state index in [1.165, 1.54) is 0 Å². The van der Waals surface area contributed by atoms with Gasteiger partial charge < -0.3 is 24.4 Å². The number of ether oxygens (including phenoxy) is 3. The van der Waals surface area contributed by atoms with Gasteiger partial charge in [-0.15, -0.1) is 0 Å². The largest absolute Gasteiger partial charge is 0.494 e. The van der Waals surface area contributed by atoms with E-state index in [0.29, 0.717) is 42.7 Å². The first-order valence-corrected chi connectivity index (χ1v) is 11.4. The van der Waals surface area contributed by atoms with Crippen LogP contribution < -0.4 is 19.5 Å². The summed E-state index contributed by atoms with van der Waals surface area (Å²) in [6.07, 6.45) is 0.669. The summed E-state index contributed by atoms with van der Waals surface area (Å²) >= 11 is 5.57. The van der Waals surface area contributed by atoms with E-state index in [2.05, 4.69) is 5.32 Å². The van der Waals surface area contributed by atoms with Crippen molar-refractivity contribution in [1.29, 1.82) is 0 Å². The van der Waals surface area contributed by atoms with Crippen LogP contribution in [0.3, 0.4) is 0 Å². The first-order chi connectivity index (χ1) is 16.0. The Morgan fingerprint density at radius 3 is 2.64 bits per heavy atom. The molecule has 2 aliphatic heterocycles. The van der Waals surface area contributed by atoms with Gasteiger partial charge in [-0.1, -0.05) is 6.07 Å². The van der Waals surface area contributed by atoms with E-state index in [4.69, 9.17) is 26.4 Å². The van der Waals surface area contributed by atoms with Gasteiger partial charge in [-0.2, -0.15) is 0 Å². The van der Waals surface area contributed by atoms with E-state index in [1.807, 2.05) is 36.9 Å². The summed E-state index contributed by atoms with van der Waals surface area (Å²) in [5.41, 5.74) is 1.69. The van der Waals surface area contributed by atoms with Crippen LogP contribution in [0, 0.1) is 0 Å². The molecule has 0 radical (unpaired) electrons. The van der Waals surface area contributed by atoms with Crippen molar-refractivity contribution in [1.82, 2.24) is 9.80 Å². The van der Waals surface area contributed by atoms with Crippen LogP contribution in [0.25, 0.3) is 0 Å². The molecule has 0 aromatic heterocycles. The molecule has 1 saturated heterocycles. The summed E-state index contributed by atoms with van der Waals surface area (Å²) in [6.45, 7) is 5.57. The molecule has 2 aliphatic rings. The fourth-order valence-electron chi connectivity index (χ4n) is 3.97. The van der Waals surface area contributed by atoms with E-state index in [0.717, 1.165) is 17.1 Å². The van der Waals surface area contributed by atoms with Gasteiger partial charge in [0.25, 0.3) is 5.91 Å². The Hall–Kier alpha value is -3.33. The Balaban J connectivity index is 1.42. The first kappa shape index (κ1) is 22.8. The van der Waals surface area contributed by atoms with Crippen molar-refractivity contribution in [3.05, 3.63) is 48.0 Å². The zero-order valence-corrected chi connectivity index (χ0v) is 19.5.